The molecule has 1 heterocycles. The molecule has 2 rings (SSSR count). The molecule has 0 spiro atoms. The number of aromatic amines is 2. The number of rotatable bonds is 3. The van der Waals surface area contributed by atoms with Crippen molar-refractivity contribution in [3.8, 4) is 5.75 Å². The summed E-state index contributed by atoms with van der Waals surface area (Å²) in [5.74, 6) is 1.71. The number of nitrogens with zero attached hydrogens (tertiary/aromatic N) is 1. The van der Waals surface area contributed by atoms with Crippen molar-refractivity contribution in [1.29, 1.82) is 0 Å². The Morgan fingerprint density at radius 1 is 1.17 bits per heavy atom. The van der Waals surface area contributed by atoms with Crippen molar-refractivity contribution >= 4 is 12.2 Å². The molecule has 1 aromatic heterocycles. The van der Waals surface area contributed by atoms with E-state index < -0.39 is 0 Å². The van der Waals surface area contributed by atoms with Gasteiger partial charge in [-0.15, -0.1) is 0 Å². The second-order valence-corrected chi connectivity index (χ2v) is 5.54. The molecule has 0 atom stereocenters. The van der Waals surface area contributed by atoms with Crippen molar-refractivity contribution in [1.82, 2.24) is 15.2 Å². The highest BCUT2D eigenvalue weighted by molar-refractivity contribution is 7.71. The fraction of sp³-hybridized carbons (Fsp3) is 0.385. The average Bonchev–Trinajstić information content (AvgIpc) is 2.65. The number of H-pyrrole nitrogens is 2. The van der Waals surface area contributed by atoms with Gasteiger partial charge < -0.3 is 4.74 Å². The van der Waals surface area contributed by atoms with E-state index in [1.165, 1.54) is 0 Å². The zero-order valence-corrected chi connectivity index (χ0v) is 11.6. The topological polar surface area (TPSA) is 53.7 Å². The van der Waals surface area contributed by atoms with E-state index in [9.17, 15) is 0 Å². The molecule has 0 radical (unpaired) electrons. The van der Waals surface area contributed by atoms with Crippen molar-refractivity contribution in [2.24, 2.45) is 0 Å². The number of ether oxygens (including phenoxy) is 1. The van der Waals surface area contributed by atoms with Crippen LogP contribution >= 0.6 is 12.2 Å². The van der Waals surface area contributed by atoms with Gasteiger partial charge in [0.1, 0.15) is 17.2 Å². The van der Waals surface area contributed by atoms with Gasteiger partial charge in [-0.25, -0.2) is 4.98 Å². The van der Waals surface area contributed by atoms with Gasteiger partial charge in [-0.3, -0.25) is 10.2 Å². The third-order valence-electron chi connectivity index (χ3n) is 2.27. The summed E-state index contributed by atoms with van der Waals surface area (Å²) in [6, 6.07) is 8.02. The van der Waals surface area contributed by atoms with Crippen LogP contribution < -0.4 is 4.74 Å². The van der Waals surface area contributed by atoms with Gasteiger partial charge in [0.2, 0.25) is 4.77 Å². The molecule has 0 bridgehead atoms. The molecule has 0 aliphatic rings. The summed E-state index contributed by atoms with van der Waals surface area (Å²) in [6.45, 7) is 6.10. The Labute approximate surface area is 111 Å². The number of aromatic nitrogens is 3. The van der Waals surface area contributed by atoms with E-state index in [2.05, 4.69) is 15.2 Å². The SMILES string of the molecule is CC(C)(C)Oc1ccc(Cc2nc(=S)[nH][nH]2)cc1. The maximum Gasteiger partial charge on any atom is 0.213 e. The summed E-state index contributed by atoms with van der Waals surface area (Å²) >= 11 is 4.91. The number of nitrogens with one attached hydrogen (secondary N) is 2. The Morgan fingerprint density at radius 2 is 1.83 bits per heavy atom. The molecule has 0 amide bonds. The first kappa shape index (κ1) is 12.8. The van der Waals surface area contributed by atoms with Crippen LogP contribution in [0.2, 0.25) is 0 Å². The molecule has 0 aliphatic heterocycles. The molecule has 0 saturated carbocycles. The fourth-order valence-electron chi connectivity index (χ4n) is 1.61. The van der Waals surface area contributed by atoms with Gasteiger partial charge >= 0.3 is 0 Å². The minimum Gasteiger partial charge on any atom is -0.488 e. The molecule has 1 aromatic carbocycles. The van der Waals surface area contributed by atoms with Crippen LogP contribution in [-0.4, -0.2) is 20.8 Å². The van der Waals surface area contributed by atoms with Crippen molar-refractivity contribution in [3.05, 3.63) is 40.4 Å². The summed E-state index contributed by atoms with van der Waals surface area (Å²) < 4.78 is 6.25. The Balaban J connectivity index is 2.06. The number of hydrogen-bond acceptors (Lipinski definition) is 3. The van der Waals surface area contributed by atoms with E-state index in [1.54, 1.807) is 0 Å². The predicted octanol–water partition coefficient (Wildman–Crippen LogP) is 3.24. The highest BCUT2D eigenvalue weighted by atomic mass is 32.1. The standard InChI is InChI=1S/C13H17N3OS/c1-13(2,3)17-10-6-4-9(5-7-10)8-11-14-12(18)16-15-11/h4-7H,8H2,1-3H3,(H2,14,15,16,18). The molecule has 0 fully saturated rings. The molecule has 2 N–H and O–H groups in total. The molecule has 2 aromatic rings. The van der Waals surface area contributed by atoms with Gasteiger partial charge in [0.25, 0.3) is 0 Å². The van der Waals surface area contributed by atoms with Crippen LogP contribution in [0.5, 0.6) is 5.75 Å². The molecule has 96 valence electrons. The van der Waals surface area contributed by atoms with Gasteiger partial charge in [0.05, 0.1) is 0 Å². The lowest BCUT2D eigenvalue weighted by molar-refractivity contribution is 0.131. The van der Waals surface area contributed by atoms with Gasteiger partial charge in [-0.05, 0) is 50.7 Å². The Morgan fingerprint density at radius 3 is 2.33 bits per heavy atom. The van der Waals surface area contributed by atoms with E-state index in [0.717, 1.165) is 23.6 Å². The normalized spacial score (nSPS) is 11.5. The Kier molecular flexibility index (Phi) is 3.52. The van der Waals surface area contributed by atoms with Crippen LogP contribution in [-0.2, 0) is 6.42 Å². The summed E-state index contributed by atoms with van der Waals surface area (Å²) in [5, 5.41) is 5.72. The van der Waals surface area contributed by atoms with Crippen molar-refractivity contribution < 1.29 is 4.74 Å². The van der Waals surface area contributed by atoms with E-state index in [0.29, 0.717) is 4.77 Å². The molecule has 4 nitrogen and oxygen atoms in total. The third-order valence-corrected chi connectivity index (χ3v) is 2.46. The zero-order chi connectivity index (χ0) is 13.2. The lowest BCUT2D eigenvalue weighted by Gasteiger charge is -2.21. The van der Waals surface area contributed by atoms with E-state index in [4.69, 9.17) is 17.0 Å². The fourth-order valence-corrected chi connectivity index (χ4v) is 1.77. The average molecular weight is 263 g/mol. The van der Waals surface area contributed by atoms with E-state index >= 15 is 0 Å². The highest BCUT2D eigenvalue weighted by Crippen LogP contribution is 2.19. The molecule has 5 heteroatoms. The van der Waals surface area contributed by atoms with Crippen LogP contribution in [0.1, 0.15) is 32.2 Å². The Bertz CT molecular complexity index is 563. The predicted molar refractivity (Wildman–Crippen MR) is 73.4 cm³/mol. The van der Waals surface area contributed by atoms with Gasteiger partial charge in [0.15, 0.2) is 0 Å². The van der Waals surface area contributed by atoms with Crippen molar-refractivity contribution in [2.45, 2.75) is 32.8 Å². The minimum absolute atomic E-state index is 0.172. The lowest BCUT2D eigenvalue weighted by atomic mass is 10.1. The first-order valence-electron chi connectivity index (χ1n) is 5.84. The first-order chi connectivity index (χ1) is 8.42. The Hall–Kier alpha value is -1.62. The van der Waals surface area contributed by atoms with Gasteiger partial charge in [0, 0.05) is 6.42 Å². The zero-order valence-electron chi connectivity index (χ0n) is 10.8. The smallest absolute Gasteiger partial charge is 0.213 e. The maximum absolute atomic E-state index is 5.76. The third kappa shape index (κ3) is 3.70. The molecule has 0 aliphatic carbocycles. The molecule has 18 heavy (non-hydrogen) atoms. The maximum atomic E-state index is 5.76. The summed E-state index contributed by atoms with van der Waals surface area (Å²) in [6.07, 6.45) is 0.725. The second-order valence-electron chi connectivity index (χ2n) is 5.15. The lowest BCUT2D eigenvalue weighted by Crippen LogP contribution is -2.22. The largest absolute Gasteiger partial charge is 0.488 e. The molecule has 0 unspecified atom stereocenters. The van der Waals surface area contributed by atoms with Crippen molar-refractivity contribution in [2.75, 3.05) is 0 Å². The number of hydrogen-bond donors (Lipinski definition) is 2. The summed E-state index contributed by atoms with van der Waals surface area (Å²) in [7, 11) is 0. The second kappa shape index (κ2) is 4.94. The van der Waals surface area contributed by atoms with Crippen LogP contribution in [0.3, 0.4) is 0 Å². The van der Waals surface area contributed by atoms with E-state index in [-0.39, 0.29) is 5.60 Å². The highest BCUT2D eigenvalue weighted by Gasteiger charge is 2.11. The van der Waals surface area contributed by atoms with Gasteiger partial charge in [-0.1, -0.05) is 12.1 Å². The van der Waals surface area contributed by atoms with Crippen LogP contribution in [0.4, 0.5) is 0 Å². The van der Waals surface area contributed by atoms with E-state index in [1.807, 2.05) is 45.0 Å². The molecular weight excluding hydrogens is 246 g/mol. The molecule has 0 saturated heterocycles. The number of benzene rings is 1. The quantitative estimate of drug-likeness (QED) is 0.836. The van der Waals surface area contributed by atoms with Crippen LogP contribution in [0.25, 0.3) is 0 Å². The van der Waals surface area contributed by atoms with Gasteiger partial charge in [-0.2, -0.15) is 0 Å². The summed E-state index contributed by atoms with van der Waals surface area (Å²) in [4.78, 5) is 4.16. The molecular formula is C13H17N3OS. The van der Waals surface area contributed by atoms with Crippen LogP contribution in [0, 0.1) is 4.77 Å². The first-order valence-corrected chi connectivity index (χ1v) is 6.25. The van der Waals surface area contributed by atoms with Crippen molar-refractivity contribution in [3.63, 3.8) is 0 Å². The minimum atomic E-state index is -0.172. The van der Waals surface area contributed by atoms with Crippen LogP contribution in [0.15, 0.2) is 24.3 Å². The monoisotopic (exact) mass is 263 g/mol. The summed E-state index contributed by atoms with van der Waals surface area (Å²) in [5.41, 5.74) is 0.989.